The van der Waals surface area contributed by atoms with Crippen LogP contribution in [-0.4, -0.2) is 15.9 Å². The SMILES string of the molecule is CC(=O)Nc1ccc2cc([N+](=O)[O-])cc(O)c2c1. The fourth-order valence-corrected chi connectivity index (χ4v) is 1.71. The second kappa shape index (κ2) is 4.33. The van der Waals surface area contributed by atoms with E-state index in [1.807, 2.05) is 0 Å². The number of nitro groups is 1. The Kier molecular flexibility index (Phi) is 2.85. The lowest BCUT2D eigenvalue weighted by Crippen LogP contribution is -2.05. The van der Waals surface area contributed by atoms with Gasteiger partial charge >= 0.3 is 0 Å². The summed E-state index contributed by atoms with van der Waals surface area (Å²) in [4.78, 5) is 21.0. The first-order chi connectivity index (χ1) is 8.47. The van der Waals surface area contributed by atoms with Crippen molar-refractivity contribution in [1.82, 2.24) is 0 Å². The third kappa shape index (κ3) is 2.22. The number of fused-ring (bicyclic) bond motifs is 1. The monoisotopic (exact) mass is 246 g/mol. The molecular formula is C12H10N2O4. The van der Waals surface area contributed by atoms with Gasteiger partial charge in [-0.25, -0.2) is 0 Å². The van der Waals surface area contributed by atoms with E-state index in [0.717, 1.165) is 6.07 Å². The van der Waals surface area contributed by atoms with Gasteiger partial charge in [-0.2, -0.15) is 0 Å². The molecule has 0 aliphatic heterocycles. The van der Waals surface area contributed by atoms with Gasteiger partial charge in [-0.1, -0.05) is 6.07 Å². The van der Waals surface area contributed by atoms with E-state index in [0.29, 0.717) is 16.5 Å². The summed E-state index contributed by atoms with van der Waals surface area (Å²) in [6.07, 6.45) is 0. The van der Waals surface area contributed by atoms with Gasteiger partial charge in [0.05, 0.1) is 11.0 Å². The van der Waals surface area contributed by atoms with Crippen LogP contribution in [0.3, 0.4) is 0 Å². The van der Waals surface area contributed by atoms with Crippen molar-refractivity contribution in [3.05, 3.63) is 40.4 Å². The number of amides is 1. The molecule has 92 valence electrons. The summed E-state index contributed by atoms with van der Waals surface area (Å²) in [5, 5.41) is 24.0. The molecule has 1 amide bonds. The zero-order valence-electron chi connectivity index (χ0n) is 9.51. The van der Waals surface area contributed by atoms with Crippen LogP contribution >= 0.6 is 0 Å². The van der Waals surface area contributed by atoms with E-state index in [9.17, 15) is 20.0 Å². The van der Waals surface area contributed by atoms with E-state index in [4.69, 9.17) is 0 Å². The van der Waals surface area contributed by atoms with Crippen molar-refractivity contribution in [3.8, 4) is 5.75 Å². The average Bonchev–Trinajstić information content (AvgIpc) is 2.28. The predicted molar refractivity (Wildman–Crippen MR) is 66.6 cm³/mol. The predicted octanol–water partition coefficient (Wildman–Crippen LogP) is 2.41. The van der Waals surface area contributed by atoms with Gasteiger partial charge in [-0.05, 0) is 17.5 Å². The van der Waals surface area contributed by atoms with Gasteiger partial charge in [-0.3, -0.25) is 14.9 Å². The first kappa shape index (κ1) is 11.8. The highest BCUT2D eigenvalue weighted by atomic mass is 16.6. The number of carbonyl (C=O) groups excluding carboxylic acids is 1. The van der Waals surface area contributed by atoms with Crippen molar-refractivity contribution < 1.29 is 14.8 Å². The number of nitro benzene ring substituents is 1. The van der Waals surface area contributed by atoms with Crippen molar-refractivity contribution in [2.24, 2.45) is 0 Å². The van der Waals surface area contributed by atoms with Crippen molar-refractivity contribution in [1.29, 1.82) is 0 Å². The molecule has 0 heterocycles. The average molecular weight is 246 g/mol. The van der Waals surface area contributed by atoms with Gasteiger partial charge in [0.2, 0.25) is 5.91 Å². The molecule has 2 aromatic rings. The fraction of sp³-hybridized carbons (Fsp3) is 0.0833. The van der Waals surface area contributed by atoms with Crippen LogP contribution in [0.5, 0.6) is 5.75 Å². The normalized spacial score (nSPS) is 10.3. The number of aromatic hydroxyl groups is 1. The first-order valence-corrected chi connectivity index (χ1v) is 5.16. The van der Waals surface area contributed by atoms with E-state index >= 15 is 0 Å². The van der Waals surface area contributed by atoms with Crippen molar-refractivity contribution >= 4 is 28.1 Å². The molecule has 0 aliphatic carbocycles. The molecule has 6 heteroatoms. The van der Waals surface area contributed by atoms with Crippen LogP contribution in [0.15, 0.2) is 30.3 Å². The summed E-state index contributed by atoms with van der Waals surface area (Å²) in [5.41, 5.74) is 0.353. The van der Waals surface area contributed by atoms with E-state index in [1.165, 1.54) is 13.0 Å². The minimum absolute atomic E-state index is 0.174. The molecule has 2 rings (SSSR count). The standard InChI is InChI=1S/C12H10N2O4/c1-7(15)13-9-3-2-8-4-10(14(17)18)6-12(16)11(8)5-9/h2-6,16H,1H3,(H,13,15). The Morgan fingerprint density at radius 3 is 2.67 bits per heavy atom. The van der Waals surface area contributed by atoms with Crippen LogP contribution < -0.4 is 5.32 Å². The Morgan fingerprint density at radius 1 is 1.33 bits per heavy atom. The Morgan fingerprint density at radius 2 is 2.06 bits per heavy atom. The van der Waals surface area contributed by atoms with Crippen molar-refractivity contribution in [2.45, 2.75) is 6.92 Å². The molecule has 0 saturated carbocycles. The Labute approximate surface area is 102 Å². The van der Waals surface area contributed by atoms with E-state index in [2.05, 4.69) is 5.32 Å². The lowest BCUT2D eigenvalue weighted by molar-refractivity contribution is -0.384. The van der Waals surface area contributed by atoms with Crippen LogP contribution in [0.25, 0.3) is 10.8 Å². The van der Waals surface area contributed by atoms with E-state index < -0.39 is 4.92 Å². The zero-order valence-corrected chi connectivity index (χ0v) is 9.51. The third-order valence-corrected chi connectivity index (χ3v) is 2.45. The van der Waals surface area contributed by atoms with Crippen LogP contribution in [-0.2, 0) is 4.79 Å². The van der Waals surface area contributed by atoms with Gasteiger partial charge in [0, 0.05) is 24.1 Å². The number of benzene rings is 2. The summed E-state index contributed by atoms with van der Waals surface area (Å²) in [6.45, 7) is 1.37. The van der Waals surface area contributed by atoms with Crippen molar-refractivity contribution in [2.75, 3.05) is 5.32 Å². The molecule has 0 fully saturated rings. The van der Waals surface area contributed by atoms with Crippen molar-refractivity contribution in [3.63, 3.8) is 0 Å². The van der Waals surface area contributed by atoms with Crippen LogP contribution in [0.1, 0.15) is 6.92 Å². The van der Waals surface area contributed by atoms with Gasteiger partial charge in [0.1, 0.15) is 5.75 Å². The molecule has 0 bridgehead atoms. The summed E-state index contributed by atoms with van der Waals surface area (Å²) in [7, 11) is 0. The number of hydrogen-bond acceptors (Lipinski definition) is 4. The maximum Gasteiger partial charge on any atom is 0.273 e. The molecule has 2 aromatic carbocycles. The molecule has 0 unspecified atom stereocenters. The Hall–Kier alpha value is -2.63. The molecule has 0 aromatic heterocycles. The second-order valence-corrected chi connectivity index (χ2v) is 3.84. The second-order valence-electron chi connectivity index (χ2n) is 3.84. The minimum Gasteiger partial charge on any atom is -0.507 e. The van der Waals surface area contributed by atoms with Gasteiger partial charge in [0.15, 0.2) is 0 Å². The third-order valence-electron chi connectivity index (χ3n) is 2.45. The Balaban J connectivity index is 2.57. The number of phenols is 1. The minimum atomic E-state index is -0.569. The highest BCUT2D eigenvalue weighted by molar-refractivity contribution is 5.96. The molecular weight excluding hydrogens is 236 g/mol. The molecule has 0 aliphatic rings. The van der Waals surface area contributed by atoms with Gasteiger partial charge in [-0.15, -0.1) is 0 Å². The largest absolute Gasteiger partial charge is 0.507 e. The number of non-ortho nitro benzene ring substituents is 1. The van der Waals surface area contributed by atoms with Gasteiger partial charge in [0.25, 0.3) is 5.69 Å². The number of nitrogens with one attached hydrogen (secondary N) is 1. The summed E-state index contributed by atoms with van der Waals surface area (Å²) >= 11 is 0. The molecule has 2 N–H and O–H groups in total. The highest BCUT2D eigenvalue weighted by Crippen LogP contribution is 2.31. The number of phenolic OH excluding ortho intramolecular Hbond substituents is 1. The highest BCUT2D eigenvalue weighted by Gasteiger charge is 2.11. The lowest BCUT2D eigenvalue weighted by atomic mass is 10.1. The van der Waals surface area contributed by atoms with E-state index in [-0.39, 0.29) is 17.3 Å². The molecule has 18 heavy (non-hydrogen) atoms. The van der Waals surface area contributed by atoms with E-state index in [1.54, 1.807) is 18.2 Å². The summed E-state index contributed by atoms with van der Waals surface area (Å²) < 4.78 is 0. The Bertz CT molecular complexity index is 652. The zero-order chi connectivity index (χ0) is 13.3. The quantitative estimate of drug-likeness (QED) is 0.628. The number of anilines is 1. The number of rotatable bonds is 2. The topological polar surface area (TPSA) is 92.5 Å². The molecule has 0 saturated heterocycles. The molecule has 0 spiro atoms. The lowest BCUT2D eigenvalue weighted by Gasteiger charge is -2.05. The van der Waals surface area contributed by atoms with Crippen LogP contribution in [0, 0.1) is 10.1 Å². The number of nitrogens with zero attached hydrogens (tertiary/aromatic N) is 1. The maximum absolute atomic E-state index is 10.9. The van der Waals surface area contributed by atoms with Crippen LogP contribution in [0.2, 0.25) is 0 Å². The summed E-state index contributed by atoms with van der Waals surface area (Å²) in [6, 6.07) is 7.24. The smallest absolute Gasteiger partial charge is 0.273 e. The molecule has 6 nitrogen and oxygen atoms in total. The van der Waals surface area contributed by atoms with Gasteiger partial charge < -0.3 is 10.4 Å². The maximum atomic E-state index is 10.9. The van der Waals surface area contributed by atoms with Crippen LogP contribution in [0.4, 0.5) is 11.4 Å². The first-order valence-electron chi connectivity index (χ1n) is 5.16. The number of carbonyl (C=O) groups is 1. The fourth-order valence-electron chi connectivity index (χ4n) is 1.71. The molecule has 0 atom stereocenters. The summed E-state index contributed by atoms with van der Waals surface area (Å²) in [5.74, 6) is -0.415. The number of hydrogen-bond donors (Lipinski definition) is 2. The molecule has 0 radical (unpaired) electrons.